The van der Waals surface area contributed by atoms with Crippen LogP contribution < -0.4 is 4.90 Å². The molecule has 0 radical (unpaired) electrons. The zero-order valence-corrected chi connectivity index (χ0v) is 16.7. The molecular weight excluding hydrogens is 356 g/mol. The van der Waals surface area contributed by atoms with Gasteiger partial charge in [0.15, 0.2) is 15.0 Å². The maximum absolute atomic E-state index is 12.3. The topological polar surface area (TPSA) is 66.8 Å². The third-order valence-corrected chi connectivity index (χ3v) is 7.76. The summed E-state index contributed by atoms with van der Waals surface area (Å²) in [6.45, 7) is 8.00. The summed E-state index contributed by atoms with van der Waals surface area (Å²) in [5.41, 5.74) is 3.11. The Bertz CT molecular complexity index is 810. The van der Waals surface area contributed by atoms with Crippen LogP contribution in [0.4, 0.5) is 5.69 Å². The second kappa shape index (κ2) is 6.76. The third kappa shape index (κ3) is 3.77. The van der Waals surface area contributed by atoms with E-state index in [0.717, 1.165) is 16.8 Å². The largest absolute Gasteiger partial charge is 0.315 e. The van der Waals surface area contributed by atoms with Crippen molar-refractivity contribution in [2.45, 2.75) is 45.4 Å². The number of benzene rings is 1. The van der Waals surface area contributed by atoms with E-state index in [-0.39, 0.29) is 34.6 Å². The monoisotopic (exact) mass is 380 g/mol. The van der Waals surface area contributed by atoms with Gasteiger partial charge >= 0.3 is 0 Å². The minimum absolute atomic E-state index is 0.0605. The standard InChI is InChI=1S/C18H24N2O3S2/c1-11(2)8-16(21)19-18-20(17-12(3)6-5-7-13(17)4)14-9-25(22,23)10-15(14)24-18/h5-7,11,14-15H,8-10H2,1-4H3. The smallest absolute Gasteiger partial charge is 0.248 e. The number of carbonyl (C=O) groups excluding carboxylic acids is 1. The van der Waals surface area contributed by atoms with Crippen LogP contribution >= 0.6 is 11.8 Å². The van der Waals surface area contributed by atoms with E-state index in [4.69, 9.17) is 0 Å². The summed E-state index contributed by atoms with van der Waals surface area (Å²) < 4.78 is 24.2. The molecule has 2 saturated heterocycles. The molecule has 7 heteroatoms. The van der Waals surface area contributed by atoms with Gasteiger partial charge in [-0.3, -0.25) is 4.79 Å². The van der Waals surface area contributed by atoms with E-state index in [1.807, 2.05) is 50.8 Å². The number of para-hydroxylation sites is 1. The van der Waals surface area contributed by atoms with Gasteiger partial charge in [0.25, 0.3) is 0 Å². The maximum Gasteiger partial charge on any atom is 0.248 e. The van der Waals surface area contributed by atoms with Crippen molar-refractivity contribution in [3.63, 3.8) is 0 Å². The van der Waals surface area contributed by atoms with E-state index < -0.39 is 9.84 Å². The predicted molar refractivity (Wildman–Crippen MR) is 104 cm³/mol. The zero-order valence-electron chi connectivity index (χ0n) is 15.0. The molecule has 1 amide bonds. The Morgan fingerprint density at radius 2 is 1.92 bits per heavy atom. The summed E-state index contributed by atoms with van der Waals surface area (Å²) in [6, 6.07) is 5.86. The molecular formula is C18H24N2O3S2. The normalized spacial score (nSPS) is 26.4. The number of thioether (sulfide) groups is 1. The minimum Gasteiger partial charge on any atom is -0.315 e. The summed E-state index contributed by atoms with van der Waals surface area (Å²) in [4.78, 5) is 18.6. The molecule has 2 heterocycles. The number of fused-ring (bicyclic) bond motifs is 1. The van der Waals surface area contributed by atoms with Crippen molar-refractivity contribution in [1.29, 1.82) is 0 Å². The van der Waals surface area contributed by atoms with Gasteiger partial charge in [0, 0.05) is 17.4 Å². The highest BCUT2D eigenvalue weighted by Gasteiger charge is 2.49. The number of carbonyl (C=O) groups is 1. The van der Waals surface area contributed by atoms with Crippen molar-refractivity contribution in [3.8, 4) is 0 Å². The molecule has 2 atom stereocenters. The molecule has 0 aliphatic carbocycles. The lowest BCUT2D eigenvalue weighted by Gasteiger charge is -2.28. The Kier molecular flexibility index (Phi) is 4.99. The average molecular weight is 381 g/mol. The Morgan fingerprint density at radius 3 is 2.52 bits per heavy atom. The molecule has 0 saturated carbocycles. The van der Waals surface area contributed by atoms with E-state index in [1.165, 1.54) is 11.8 Å². The first kappa shape index (κ1) is 18.5. The SMILES string of the molecule is Cc1cccc(C)c1N1C(=NC(=O)CC(C)C)SC2CS(=O)(=O)CC21. The number of rotatable bonds is 3. The summed E-state index contributed by atoms with van der Waals surface area (Å²) in [6.07, 6.45) is 0.401. The summed E-state index contributed by atoms with van der Waals surface area (Å²) in [5, 5.41) is 0.586. The first-order chi connectivity index (χ1) is 11.7. The van der Waals surface area contributed by atoms with Gasteiger partial charge in [-0.2, -0.15) is 4.99 Å². The fourth-order valence-corrected chi connectivity index (χ4v) is 7.43. The fraction of sp³-hybridized carbons (Fsp3) is 0.556. The van der Waals surface area contributed by atoms with Crippen molar-refractivity contribution >= 4 is 38.4 Å². The Morgan fingerprint density at radius 1 is 1.28 bits per heavy atom. The van der Waals surface area contributed by atoms with Crippen LogP contribution in [0.3, 0.4) is 0 Å². The third-order valence-electron chi connectivity index (χ3n) is 4.55. The molecule has 0 aromatic heterocycles. The van der Waals surface area contributed by atoms with Crippen LogP contribution in [0.15, 0.2) is 23.2 Å². The fourth-order valence-electron chi connectivity index (χ4n) is 3.51. The maximum atomic E-state index is 12.3. The lowest BCUT2D eigenvalue weighted by Crippen LogP contribution is -2.38. The molecule has 1 aromatic rings. The van der Waals surface area contributed by atoms with Crippen molar-refractivity contribution in [1.82, 2.24) is 0 Å². The number of hydrogen-bond donors (Lipinski definition) is 0. The van der Waals surface area contributed by atoms with E-state index in [1.54, 1.807) is 0 Å². The van der Waals surface area contributed by atoms with Gasteiger partial charge in [-0.1, -0.05) is 43.8 Å². The van der Waals surface area contributed by atoms with Crippen LogP contribution in [-0.2, 0) is 14.6 Å². The molecule has 5 nitrogen and oxygen atoms in total. The summed E-state index contributed by atoms with van der Waals surface area (Å²) >= 11 is 1.44. The number of amidine groups is 1. The molecule has 0 bridgehead atoms. The molecule has 1 aromatic carbocycles. The molecule has 25 heavy (non-hydrogen) atoms. The highest BCUT2D eigenvalue weighted by Crippen LogP contribution is 2.43. The highest BCUT2D eigenvalue weighted by molar-refractivity contribution is 8.16. The first-order valence-corrected chi connectivity index (χ1v) is 11.2. The Labute approximate surface area is 153 Å². The molecule has 136 valence electrons. The first-order valence-electron chi connectivity index (χ1n) is 8.52. The average Bonchev–Trinajstić information content (AvgIpc) is 2.90. The van der Waals surface area contributed by atoms with Crippen LogP contribution in [0.25, 0.3) is 0 Å². The van der Waals surface area contributed by atoms with Crippen LogP contribution in [0, 0.1) is 19.8 Å². The number of sulfone groups is 1. The molecule has 0 spiro atoms. The van der Waals surface area contributed by atoms with E-state index in [9.17, 15) is 13.2 Å². The number of nitrogens with zero attached hydrogens (tertiary/aromatic N) is 2. The number of anilines is 1. The molecule has 2 fully saturated rings. The van der Waals surface area contributed by atoms with Crippen LogP contribution in [0.5, 0.6) is 0 Å². The number of amides is 1. The Balaban J connectivity index is 2.04. The molecule has 0 N–H and O–H groups in total. The number of aryl methyl sites for hydroxylation is 2. The quantitative estimate of drug-likeness (QED) is 0.806. The van der Waals surface area contributed by atoms with Gasteiger partial charge < -0.3 is 4.90 Å². The number of aliphatic imine (C=N–C) groups is 1. The molecule has 2 aliphatic rings. The summed E-state index contributed by atoms with van der Waals surface area (Å²) in [5.74, 6) is 0.380. The van der Waals surface area contributed by atoms with E-state index in [2.05, 4.69) is 4.99 Å². The second-order valence-electron chi connectivity index (χ2n) is 7.30. The minimum atomic E-state index is -3.05. The van der Waals surface area contributed by atoms with Crippen molar-refractivity contribution in [2.24, 2.45) is 10.9 Å². The van der Waals surface area contributed by atoms with Gasteiger partial charge in [0.1, 0.15) is 0 Å². The molecule has 2 aliphatic heterocycles. The number of hydrogen-bond acceptors (Lipinski definition) is 4. The second-order valence-corrected chi connectivity index (χ2v) is 10.7. The predicted octanol–water partition coefficient (Wildman–Crippen LogP) is 2.95. The van der Waals surface area contributed by atoms with E-state index in [0.29, 0.717) is 11.6 Å². The van der Waals surface area contributed by atoms with Gasteiger partial charge in [-0.05, 0) is 30.9 Å². The lowest BCUT2D eigenvalue weighted by atomic mass is 10.1. The van der Waals surface area contributed by atoms with Gasteiger partial charge in [0.2, 0.25) is 5.91 Å². The van der Waals surface area contributed by atoms with Crippen molar-refractivity contribution < 1.29 is 13.2 Å². The Hall–Kier alpha value is -1.34. The van der Waals surface area contributed by atoms with Gasteiger partial charge in [0.05, 0.1) is 17.5 Å². The van der Waals surface area contributed by atoms with E-state index >= 15 is 0 Å². The lowest BCUT2D eigenvalue weighted by molar-refractivity contribution is -0.118. The van der Waals surface area contributed by atoms with Crippen molar-refractivity contribution in [2.75, 3.05) is 16.4 Å². The van der Waals surface area contributed by atoms with Crippen LogP contribution in [0.1, 0.15) is 31.4 Å². The van der Waals surface area contributed by atoms with Crippen LogP contribution in [-0.4, -0.2) is 42.3 Å². The zero-order chi connectivity index (χ0) is 18.4. The molecule has 3 rings (SSSR count). The summed E-state index contributed by atoms with van der Waals surface area (Å²) in [7, 11) is -3.05. The van der Waals surface area contributed by atoms with Crippen molar-refractivity contribution in [3.05, 3.63) is 29.3 Å². The highest BCUT2D eigenvalue weighted by atomic mass is 32.2. The molecule has 2 unspecified atom stereocenters. The van der Waals surface area contributed by atoms with Gasteiger partial charge in [-0.15, -0.1) is 0 Å². The van der Waals surface area contributed by atoms with Gasteiger partial charge in [-0.25, -0.2) is 8.42 Å². The van der Waals surface area contributed by atoms with Crippen LogP contribution in [0.2, 0.25) is 0 Å².